The summed E-state index contributed by atoms with van der Waals surface area (Å²) in [5, 5.41) is 3.38. The molecule has 0 radical (unpaired) electrons. The number of ether oxygens (including phenoxy) is 2. The number of nitrogens with zero attached hydrogens (tertiary/aromatic N) is 2. The van der Waals surface area contributed by atoms with E-state index in [1.54, 1.807) is 0 Å². The van der Waals surface area contributed by atoms with Gasteiger partial charge in [-0.05, 0) is 38.8 Å². The highest BCUT2D eigenvalue weighted by Gasteiger charge is 2.21. The Balaban J connectivity index is 1.68. The Morgan fingerprint density at radius 1 is 1.26 bits per heavy atom. The van der Waals surface area contributed by atoms with Gasteiger partial charge in [0.25, 0.3) is 0 Å². The van der Waals surface area contributed by atoms with E-state index in [4.69, 9.17) is 9.47 Å². The fourth-order valence-corrected chi connectivity index (χ4v) is 2.77. The molecular weight excluding hydrogens is 290 g/mol. The maximum Gasteiger partial charge on any atom is 0.193 e. The average molecular weight is 319 g/mol. The summed E-state index contributed by atoms with van der Waals surface area (Å²) in [5.74, 6) is 1.86. The Morgan fingerprint density at radius 3 is 2.57 bits per heavy atom. The van der Waals surface area contributed by atoms with Crippen LogP contribution in [0.3, 0.4) is 0 Å². The van der Waals surface area contributed by atoms with Crippen LogP contribution in [-0.2, 0) is 4.74 Å². The number of benzene rings is 1. The van der Waals surface area contributed by atoms with Gasteiger partial charge in [0, 0.05) is 26.7 Å². The van der Waals surface area contributed by atoms with Gasteiger partial charge in [0.15, 0.2) is 5.96 Å². The molecule has 0 bridgehead atoms. The molecule has 1 heterocycles. The second kappa shape index (κ2) is 9.40. The Hall–Kier alpha value is -1.75. The molecule has 0 aromatic heterocycles. The molecule has 1 aromatic rings. The lowest BCUT2D eigenvalue weighted by Gasteiger charge is -2.34. The first-order valence-corrected chi connectivity index (χ1v) is 8.49. The normalized spacial score (nSPS) is 16.5. The first-order chi connectivity index (χ1) is 11.2. The summed E-state index contributed by atoms with van der Waals surface area (Å²) in [5.41, 5.74) is 1.24. The largest absolute Gasteiger partial charge is 0.492 e. The van der Waals surface area contributed by atoms with Gasteiger partial charge in [-0.25, -0.2) is 0 Å². The standard InChI is InChI=1S/C18H29N3O2/c1-4-22-17-9-12-21(13-10-17)18(19-3)20-11-14-23-16-7-5-15(2)6-8-16/h5-8,17H,4,9-14H2,1-3H3,(H,19,20). The van der Waals surface area contributed by atoms with Crippen LogP contribution in [0.25, 0.3) is 0 Å². The molecular formula is C18H29N3O2. The molecule has 1 aromatic carbocycles. The van der Waals surface area contributed by atoms with Crippen molar-refractivity contribution in [1.29, 1.82) is 0 Å². The van der Waals surface area contributed by atoms with Crippen LogP contribution in [0, 0.1) is 6.92 Å². The predicted molar refractivity (Wildman–Crippen MR) is 94.3 cm³/mol. The molecule has 0 amide bonds. The predicted octanol–water partition coefficient (Wildman–Crippen LogP) is 2.45. The third-order valence-corrected chi connectivity index (χ3v) is 4.03. The number of rotatable bonds is 6. The molecule has 0 atom stereocenters. The highest BCUT2D eigenvalue weighted by Crippen LogP contribution is 2.14. The van der Waals surface area contributed by atoms with Crippen LogP contribution in [0.5, 0.6) is 5.75 Å². The van der Waals surface area contributed by atoms with Crippen molar-refractivity contribution in [3.8, 4) is 5.75 Å². The van der Waals surface area contributed by atoms with E-state index in [0.717, 1.165) is 50.8 Å². The second-order valence-corrected chi connectivity index (χ2v) is 5.78. The molecule has 1 saturated heterocycles. The number of hydrogen-bond donors (Lipinski definition) is 1. The third-order valence-electron chi connectivity index (χ3n) is 4.03. The van der Waals surface area contributed by atoms with Crippen molar-refractivity contribution in [2.75, 3.05) is 39.9 Å². The highest BCUT2D eigenvalue weighted by atomic mass is 16.5. The van der Waals surface area contributed by atoms with Crippen molar-refractivity contribution < 1.29 is 9.47 Å². The summed E-state index contributed by atoms with van der Waals surface area (Å²) in [7, 11) is 1.83. The van der Waals surface area contributed by atoms with Gasteiger partial charge in [0.1, 0.15) is 12.4 Å². The van der Waals surface area contributed by atoms with Gasteiger partial charge < -0.3 is 19.7 Å². The van der Waals surface area contributed by atoms with Crippen LogP contribution >= 0.6 is 0 Å². The van der Waals surface area contributed by atoms with E-state index in [1.807, 2.05) is 19.2 Å². The summed E-state index contributed by atoms with van der Waals surface area (Å²) < 4.78 is 11.4. The van der Waals surface area contributed by atoms with Crippen LogP contribution in [0.15, 0.2) is 29.3 Å². The minimum Gasteiger partial charge on any atom is -0.492 e. The van der Waals surface area contributed by atoms with Crippen molar-refractivity contribution >= 4 is 5.96 Å². The summed E-state index contributed by atoms with van der Waals surface area (Å²) in [6.07, 6.45) is 2.53. The third kappa shape index (κ3) is 5.75. The topological polar surface area (TPSA) is 46.1 Å². The zero-order valence-corrected chi connectivity index (χ0v) is 14.5. The summed E-state index contributed by atoms with van der Waals surface area (Å²) in [4.78, 5) is 6.67. The van der Waals surface area contributed by atoms with Gasteiger partial charge in [-0.3, -0.25) is 4.99 Å². The van der Waals surface area contributed by atoms with Crippen molar-refractivity contribution in [2.24, 2.45) is 4.99 Å². The Kier molecular flexibility index (Phi) is 7.20. The number of nitrogens with one attached hydrogen (secondary N) is 1. The Labute approximate surface area is 139 Å². The number of aryl methyl sites for hydroxylation is 1. The molecule has 5 nitrogen and oxygen atoms in total. The second-order valence-electron chi connectivity index (χ2n) is 5.78. The Bertz CT molecular complexity index is 480. The van der Waals surface area contributed by atoms with Gasteiger partial charge in [0.2, 0.25) is 0 Å². The lowest BCUT2D eigenvalue weighted by molar-refractivity contribution is 0.0263. The minimum absolute atomic E-state index is 0.402. The number of likely N-dealkylation sites (tertiary alicyclic amines) is 1. The van der Waals surface area contributed by atoms with E-state index in [2.05, 4.69) is 41.2 Å². The summed E-state index contributed by atoms with van der Waals surface area (Å²) >= 11 is 0. The van der Waals surface area contributed by atoms with Gasteiger partial charge in [-0.15, -0.1) is 0 Å². The summed E-state index contributed by atoms with van der Waals surface area (Å²) in [6.45, 7) is 8.27. The molecule has 0 saturated carbocycles. The van der Waals surface area contributed by atoms with Gasteiger partial charge in [-0.2, -0.15) is 0 Å². The molecule has 1 N–H and O–H groups in total. The van der Waals surface area contributed by atoms with Crippen molar-refractivity contribution in [3.63, 3.8) is 0 Å². The lowest BCUT2D eigenvalue weighted by Crippen LogP contribution is -2.47. The quantitative estimate of drug-likeness (QED) is 0.497. The molecule has 23 heavy (non-hydrogen) atoms. The molecule has 128 valence electrons. The molecule has 1 fully saturated rings. The number of hydrogen-bond acceptors (Lipinski definition) is 3. The number of piperidine rings is 1. The lowest BCUT2D eigenvalue weighted by atomic mass is 10.1. The van der Waals surface area contributed by atoms with Crippen LogP contribution in [0.1, 0.15) is 25.3 Å². The molecule has 5 heteroatoms. The fourth-order valence-electron chi connectivity index (χ4n) is 2.77. The van der Waals surface area contributed by atoms with Gasteiger partial charge in [-0.1, -0.05) is 17.7 Å². The van der Waals surface area contributed by atoms with E-state index in [9.17, 15) is 0 Å². The van der Waals surface area contributed by atoms with Gasteiger partial charge in [0.05, 0.1) is 12.6 Å². The van der Waals surface area contributed by atoms with E-state index in [-0.39, 0.29) is 0 Å². The Morgan fingerprint density at radius 2 is 1.96 bits per heavy atom. The minimum atomic E-state index is 0.402. The highest BCUT2D eigenvalue weighted by molar-refractivity contribution is 5.79. The van der Waals surface area contributed by atoms with E-state index in [1.165, 1.54) is 5.56 Å². The first-order valence-electron chi connectivity index (χ1n) is 8.49. The van der Waals surface area contributed by atoms with Crippen molar-refractivity contribution in [3.05, 3.63) is 29.8 Å². The molecule has 1 aliphatic heterocycles. The molecule has 1 aliphatic rings. The summed E-state index contributed by atoms with van der Waals surface area (Å²) in [6, 6.07) is 8.12. The van der Waals surface area contributed by atoms with Gasteiger partial charge >= 0.3 is 0 Å². The molecule has 0 spiro atoms. The molecule has 0 aliphatic carbocycles. The van der Waals surface area contributed by atoms with E-state index >= 15 is 0 Å². The molecule has 2 rings (SSSR count). The van der Waals surface area contributed by atoms with E-state index in [0.29, 0.717) is 12.7 Å². The SMILES string of the molecule is CCOC1CCN(C(=NC)NCCOc2ccc(C)cc2)CC1. The first kappa shape index (κ1) is 17.6. The zero-order chi connectivity index (χ0) is 16.5. The smallest absolute Gasteiger partial charge is 0.193 e. The number of guanidine groups is 1. The maximum atomic E-state index is 5.74. The van der Waals surface area contributed by atoms with Crippen LogP contribution in [-0.4, -0.2) is 56.9 Å². The maximum absolute atomic E-state index is 5.74. The monoisotopic (exact) mass is 319 g/mol. The number of aliphatic imine (C=N–C) groups is 1. The average Bonchev–Trinajstić information content (AvgIpc) is 2.58. The zero-order valence-electron chi connectivity index (χ0n) is 14.5. The van der Waals surface area contributed by atoms with E-state index < -0.39 is 0 Å². The molecule has 0 unspecified atom stereocenters. The van der Waals surface area contributed by atoms with Crippen LogP contribution < -0.4 is 10.1 Å². The van der Waals surface area contributed by atoms with Crippen LogP contribution in [0.4, 0.5) is 0 Å². The van der Waals surface area contributed by atoms with Crippen LogP contribution in [0.2, 0.25) is 0 Å². The van der Waals surface area contributed by atoms with Crippen molar-refractivity contribution in [1.82, 2.24) is 10.2 Å². The fraction of sp³-hybridized carbons (Fsp3) is 0.611. The van der Waals surface area contributed by atoms with Crippen molar-refractivity contribution in [2.45, 2.75) is 32.8 Å².